The standard InChI is InChI=1S/C44H52O21/c1-12-26(51)29-30-38(9,31(57-20(3)46)25-13-14-55-16-25)32(58-21(4)47)33(59-22(5)48)44-40(18-56-19(2)45)27(15-28(52)54-11)37(8)17-41(40)43(62-24(7)50,35(37)60-23(6)49)36(61-34(29)53)42(30,44)64-39(10,63-41)65-44/h13-14,16,27,30-33,35-36,51H,12,15,17-18H2,1-11H3. The Hall–Kier alpha value is -5.54. The summed E-state index contributed by atoms with van der Waals surface area (Å²) in [5.74, 6) is -14.0. The van der Waals surface area contributed by atoms with E-state index < -0.39 is 159 Å². The molecule has 3 saturated heterocycles. The molecule has 4 heterocycles. The second kappa shape index (κ2) is 14.5. The second-order valence-electron chi connectivity index (χ2n) is 18.6. The molecule has 3 aliphatic heterocycles. The molecule has 4 bridgehead atoms. The van der Waals surface area contributed by atoms with Gasteiger partial charge in [-0.15, -0.1) is 0 Å². The van der Waals surface area contributed by atoms with Crippen molar-refractivity contribution in [1.82, 2.24) is 0 Å². The van der Waals surface area contributed by atoms with Crippen molar-refractivity contribution in [2.45, 2.75) is 147 Å². The number of hydrogen-bond donors (Lipinski definition) is 1. The third-order valence-corrected chi connectivity index (χ3v) is 15.1. The summed E-state index contributed by atoms with van der Waals surface area (Å²) >= 11 is 0. The van der Waals surface area contributed by atoms with Gasteiger partial charge in [0.05, 0.1) is 36.0 Å². The number of fused-ring (bicyclic) bond motifs is 3. The zero-order valence-corrected chi connectivity index (χ0v) is 37.7. The van der Waals surface area contributed by atoms with Crippen molar-refractivity contribution in [3.8, 4) is 0 Å². The first kappa shape index (κ1) is 46.0. The molecule has 7 aliphatic rings. The van der Waals surface area contributed by atoms with E-state index in [-0.39, 0.29) is 18.4 Å². The van der Waals surface area contributed by atoms with Gasteiger partial charge in [0.25, 0.3) is 5.97 Å². The summed E-state index contributed by atoms with van der Waals surface area (Å²) < 4.78 is 77.0. The Kier molecular flexibility index (Phi) is 10.2. The minimum Gasteiger partial charge on any atom is -0.512 e. The van der Waals surface area contributed by atoms with Crippen LogP contribution < -0.4 is 0 Å². The Morgan fingerprint density at radius 2 is 1.49 bits per heavy atom. The van der Waals surface area contributed by atoms with Crippen LogP contribution in [-0.2, 0) is 90.5 Å². The molecule has 21 heteroatoms. The van der Waals surface area contributed by atoms with Crippen LogP contribution in [0.1, 0.15) is 100 Å². The largest absolute Gasteiger partial charge is 0.512 e. The predicted octanol–water partition coefficient (Wildman–Crippen LogP) is 2.90. The van der Waals surface area contributed by atoms with Crippen molar-refractivity contribution in [3.63, 3.8) is 0 Å². The number of hydrogen-bond acceptors (Lipinski definition) is 21. The van der Waals surface area contributed by atoms with E-state index in [1.807, 2.05) is 0 Å². The van der Waals surface area contributed by atoms with E-state index in [1.165, 1.54) is 39.4 Å². The molecule has 0 amide bonds. The molecule has 0 radical (unpaired) electrons. The number of methoxy groups -OCH3 is 1. The summed E-state index contributed by atoms with van der Waals surface area (Å²) in [4.78, 5) is 111. The van der Waals surface area contributed by atoms with Gasteiger partial charge in [0.1, 0.15) is 24.1 Å². The van der Waals surface area contributed by atoms with Gasteiger partial charge in [-0.05, 0) is 18.4 Å². The van der Waals surface area contributed by atoms with E-state index in [9.17, 15) is 38.7 Å². The monoisotopic (exact) mass is 916 g/mol. The molecule has 15 unspecified atom stereocenters. The molecule has 0 aromatic carbocycles. The predicted molar refractivity (Wildman–Crippen MR) is 208 cm³/mol. The number of esters is 8. The maximum atomic E-state index is 15.3. The van der Waals surface area contributed by atoms with Crippen LogP contribution >= 0.6 is 0 Å². The van der Waals surface area contributed by atoms with Crippen LogP contribution in [0.15, 0.2) is 34.3 Å². The smallest absolute Gasteiger partial charge is 0.338 e. The Bertz CT molecular complexity index is 2320. The Morgan fingerprint density at radius 3 is 2.03 bits per heavy atom. The maximum absolute atomic E-state index is 15.3. The normalized spacial score (nSPS) is 43.3. The molecule has 7 fully saturated rings. The number of ether oxygens (including phenoxy) is 11. The van der Waals surface area contributed by atoms with Crippen molar-refractivity contribution < 1.29 is 100.0 Å². The van der Waals surface area contributed by atoms with Gasteiger partial charge >= 0.3 is 47.8 Å². The van der Waals surface area contributed by atoms with E-state index in [4.69, 9.17) is 56.5 Å². The van der Waals surface area contributed by atoms with Gasteiger partial charge < -0.3 is 61.6 Å². The summed E-state index contributed by atoms with van der Waals surface area (Å²) in [6.45, 7) is 11.5. The number of carbonyl (C=O) groups excluding carboxylic acids is 8. The number of furan rings is 1. The highest BCUT2D eigenvalue weighted by molar-refractivity contribution is 5.93. The van der Waals surface area contributed by atoms with Crippen LogP contribution in [0.2, 0.25) is 0 Å². The highest BCUT2D eigenvalue weighted by atomic mass is 16.9. The van der Waals surface area contributed by atoms with E-state index in [2.05, 4.69) is 0 Å². The molecule has 1 aromatic heterocycles. The highest BCUT2D eigenvalue weighted by Gasteiger charge is 3.09. The lowest BCUT2D eigenvalue weighted by atomic mass is 9.31. The minimum atomic E-state index is -2.64. The fourth-order valence-corrected chi connectivity index (χ4v) is 14.1. The lowest BCUT2D eigenvalue weighted by Crippen LogP contribution is -2.99. The summed E-state index contributed by atoms with van der Waals surface area (Å²) in [6, 6.07) is 1.43. The quantitative estimate of drug-likeness (QED) is 0.137. The van der Waals surface area contributed by atoms with Crippen LogP contribution in [0.4, 0.5) is 0 Å². The number of rotatable bonds is 12. The van der Waals surface area contributed by atoms with Crippen LogP contribution in [0.5, 0.6) is 0 Å². The molecular weight excluding hydrogens is 864 g/mol. The molecule has 8 rings (SSSR count). The average Bonchev–Trinajstić information content (AvgIpc) is 3.90. The number of carbonyl (C=O) groups is 8. The number of aliphatic hydroxyl groups excluding tert-OH is 1. The van der Waals surface area contributed by atoms with E-state index in [0.717, 1.165) is 48.7 Å². The Balaban J connectivity index is 1.68. The molecule has 65 heavy (non-hydrogen) atoms. The van der Waals surface area contributed by atoms with Gasteiger partial charge in [0, 0.05) is 78.2 Å². The maximum Gasteiger partial charge on any atom is 0.338 e. The van der Waals surface area contributed by atoms with Crippen molar-refractivity contribution >= 4 is 47.8 Å². The first-order valence-electron chi connectivity index (χ1n) is 21.1. The van der Waals surface area contributed by atoms with Gasteiger partial charge in [0.15, 0.2) is 35.6 Å². The SMILES string of the molecule is CCC(O)=C1C(=O)OC2C3(OC(C)=O)C(OC(C)=O)C4(C)CC35OC3(C)OC26C1C(C)(C(OC(C)=O)c1ccoc1)C(OC(C)=O)C(OC(C)=O)C6(O3)C5(COC(C)=O)C4CC(=O)OC. The van der Waals surface area contributed by atoms with Crippen molar-refractivity contribution in [1.29, 1.82) is 0 Å². The van der Waals surface area contributed by atoms with Gasteiger partial charge in [-0.3, -0.25) is 33.6 Å². The van der Waals surface area contributed by atoms with Crippen LogP contribution in [0.3, 0.4) is 0 Å². The number of allylic oxidation sites excluding steroid dienone is 1. The molecule has 354 valence electrons. The zero-order chi connectivity index (χ0) is 47.8. The summed E-state index contributed by atoms with van der Waals surface area (Å²) in [6.07, 6.45) is -8.19. The lowest BCUT2D eigenvalue weighted by Gasteiger charge is -2.79. The average molecular weight is 917 g/mol. The molecule has 21 nitrogen and oxygen atoms in total. The van der Waals surface area contributed by atoms with Crippen molar-refractivity contribution in [2.75, 3.05) is 13.7 Å². The topological polar surface area (TPSA) is 271 Å². The third kappa shape index (κ3) is 5.36. The van der Waals surface area contributed by atoms with Crippen molar-refractivity contribution in [3.05, 3.63) is 35.5 Å². The van der Waals surface area contributed by atoms with E-state index in [1.54, 1.807) is 6.92 Å². The molecular formula is C44H52O21. The van der Waals surface area contributed by atoms with E-state index >= 15 is 4.79 Å². The lowest BCUT2D eigenvalue weighted by molar-refractivity contribution is -0.496. The van der Waals surface area contributed by atoms with Crippen LogP contribution in [-0.4, -0.2) is 119 Å². The van der Waals surface area contributed by atoms with Crippen LogP contribution in [0, 0.1) is 28.1 Å². The van der Waals surface area contributed by atoms with Gasteiger partial charge in [-0.25, -0.2) is 4.79 Å². The van der Waals surface area contributed by atoms with Gasteiger partial charge in [-0.1, -0.05) is 20.8 Å². The van der Waals surface area contributed by atoms with Crippen LogP contribution in [0.25, 0.3) is 0 Å². The van der Waals surface area contributed by atoms with Gasteiger partial charge in [0.2, 0.25) is 5.60 Å². The minimum absolute atomic E-state index is 0.108. The summed E-state index contributed by atoms with van der Waals surface area (Å²) in [5, 5.41) is 12.2. The fourth-order valence-electron chi connectivity index (χ4n) is 14.1. The first-order valence-corrected chi connectivity index (χ1v) is 21.1. The molecule has 1 N–H and O–H groups in total. The summed E-state index contributed by atoms with van der Waals surface area (Å²) in [5.41, 5.74) is -16.7. The molecule has 3 spiro atoms. The molecule has 1 aromatic rings. The Morgan fingerprint density at radius 1 is 0.846 bits per heavy atom. The van der Waals surface area contributed by atoms with E-state index in [0.29, 0.717) is 0 Å². The van der Waals surface area contributed by atoms with Crippen molar-refractivity contribution in [2.24, 2.45) is 28.1 Å². The highest BCUT2D eigenvalue weighted by Crippen LogP contribution is 2.91. The zero-order valence-electron chi connectivity index (χ0n) is 37.7. The Labute approximate surface area is 371 Å². The molecule has 4 aliphatic carbocycles. The first-order chi connectivity index (χ1) is 30.3. The number of aliphatic hydroxyl groups is 1. The van der Waals surface area contributed by atoms with Gasteiger partial charge in [-0.2, -0.15) is 0 Å². The fraction of sp³-hybridized carbons (Fsp3) is 0.682. The third-order valence-electron chi connectivity index (χ3n) is 15.1. The summed E-state index contributed by atoms with van der Waals surface area (Å²) in [7, 11) is 1.13. The second-order valence-corrected chi connectivity index (χ2v) is 18.6. The molecule has 15 atom stereocenters. The molecule has 4 saturated carbocycles.